The zero-order valence-electron chi connectivity index (χ0n) is 17.2. The van der Waals surface area contributed by atoms with E-state index in [-0.39, 0.29) is 23.5 Å². The second kappa shape index (κ2) is 8.97. The Morgan fingerprint density at radius 1 is 1.10 bits per heavy atom. The van der Waals surface area contributed by atoms with E-state index >= 15 is 0 Å². The van der Waals surface area contributed by atoms with Gasteiger partial charge in [0.2, 0.25) is 21.8 Å². The summed E-state index contributed by atoms with van der Waals surface area (Å²) in [6.07, 6.45) is 0.837. The molecule has 0 saturated heterocycles. The number of hydrogen-bond acceptors (Lipinski definition) is 4. The average molecular weight is 430 g/mol. The van der Waals surface area contributed by atoms with Gasteiger partial charge in [0.25, 0.3) is 0 Å². The van der Waals surface area contributed by atoms with Crippen molar-refractivity contribution in [3.8, 4) is 0 Å². The van der Waals surface area contributed by atoms with Crippen molar-refractivity contribution in [2.45, 2.75) is 45.0 Å². The summed E-state index contributed by atoms with van der Waals surface area (Å²) in [5, 5.41) is 7.92. The van der Waals surface area contributed by atoms with Crippen molar-refractivity contribution in [3.05, 3.63) is 65.2 Å². The number of nitrogens with zero attached hydrogens (tertiary/aromatic N) is 1. The van der Waals surface area contributed by atoms with Crippen LogP contribution < -0.4 is 10.5 Å². The fourth-order valence-corrected chi connectivity index (χ4v) is 4.29. The van der Waals surface area contributed by atoms with Gasteiger partial charge >= 0.3 is 0 Å². The third kappa shape index (κ3) is 5.67. The van der Waals surface area contributed by atoms with Crippen LogP contribution in [-0.4, -0.2) is 31.2 Å². The molecule has 3 rings (SSSR count). The Morgan fingerprint density at radius 2 is 1.73 bits per heavy atom. The van der Waals surface area contributed by atoms with Crippen molar-refractivity contribution in [2.75, 3.05) is 5.32 Å². The highest BCUT2D eigenvalue weighted by atomic mass is 32.2. The lowest BCUT2D eigenvalue weighted by Crippen LogP contribution is -2.50. The molecule has 0 radical (unpaired) electrons. The molecule has 1 unspecified atom stereocenters. The van der Waals surface area contributed by atoms with E-state index in [0.29, 0.717) is 30.6 Å². The number of amides is 2. The molecule has 2 aromatic carbocycles. The van der Waals surface area contributed by atoms with Crippen LogP contribution in [0.5, 0.6) is 0 Å². The summed E-state index contributed by atoms with van der Waals surface area (Å²) in [6, 6.07) is 13.7. The van der Waals surface area contributed by atoms with Gasteiger partial charge in [-0.2, -0.15) is 0 Å². The zero-order chi connectivity index (χ0) is 21.9. The van der Waals surface area contributed by atoms with Crippen LogP contribution in [0, 0.1) is 5.92 Å². The number of rotatable bonds is 6. The summed E-state index contributed by atoms with van der Waals surface area (Å²) in [5.41, 5.74) is 3.20. The summed E-state index contributed by atoms with van der Waals surface area (Å²) in [7, 11) is -3.62. The smallest absolute Gasteiger partial charge is 0.247 e. The molecule has 1 heterocycles. The van der Waals surface area contributed by atoms with E-state index in [0.717, 1.165) is 11.1 Å². The van der Waals surface area contributed by atoms with E-state index < -0.39 is 16.1 Å². The summed E-state index contributed by atoms with van der Waals surface area (Å²) in [6.45, 7) is 4.37. The molecular weight excluding hydrogens is 402 g/mol. The lowest BCUT2D eigenvalue weighted by atomic mass is 9.92. The van der Waals surface area contributed by atoms with Crippen LogP contribution in [0.25, 0.3) is 0 Å². The van der Waals surface area contributed by atoms with Crippen LogP contribution in [0.15, 0.2) is 48.5 Å². The number of nitrogens with two attached hydrogens (primary N) is 1. The number of hydrogen-bond donors (Lipinski definition) is 2. The molecule has 1 atom stereocenters. The topological polar surface area (TPSA) is 110 Å². The standard InChI is InChI=1S/C22H27N3O4S/c1-15(2)11-21(26)25-13-18-6-4-3-5-17(18)12-20(25)22(27)24-19-9-7-16(8-10-19)14-30(23,28)29/h3-10,15,20H,11-14H2,1-2H3,(H,24,27)(H2,23,28,29). The highest BCUT2D eigenvalue weighted by Gasteiger charge is 2.34. The van der Waals surface area contributed by atoms with E-state index in [2.05, 4.69) is 5.32 Å². The van der Waals surface area contributed by atoms with E-state index in [9.17, 15) is 18.0 Å². The molecule has 0 saturated carbocycles. The minimum atomic E-state index is -3.62. The molecule has 30 heavy (non-hydrogen) atoms. The number of nitrogens with one attached hydrogen (secondary N) is 1. The van der Waals surface area contributed by atoms with Crippen LogP contribution in [-0.2, 0) is 38.3 Å². The third-order valence-electron chi connectivity index (χ3n) is 5.04. The van der Waals surface area contributed by atoms with E-state index in [1.54, 1.807) is 29.2 Å². The van der Waals surface area contributed by atoms with Gasteiger partial charge in [0, 0.05) is 25.1 Å². The van der Waals surface area contributed by atoms with Crippen LogP contribution in [0.3, 0.4) is 0 Å². The highest BCUT2D eigenvalue weighted by Crippen LogP contribution is 2.26. The second-order valence-electron chi connectivity index (χ2n) is 8.10. The molecule has 160 valence electrons. The third-order valence-corrected chi connectivity index (χ3v) is 5.78. The van der Waals surface area contributed by atoms with Crippen molar-refractivity contribution in [1.82, 2.24) is 4.90 Å². The van der Waals surface area contributed by atoms with Crippen LogP contribution >= 0.6 is 0 Å². The number of anilines is 1. The number of sulfonamides is 1. The van der Waals surface area contributed by atoms with Crippen LogP contribution in [0.1, 0.15) is 37.0 Å². The Balaban J connectivity index is 1.78. The Hall–Kier alpha value is -2.71. The summed E-state index contributed by atoms with van der Waals surface area (Å²) in [5.74, 6) is -0.369. The number of carbonyl (C=O) groups excluding carboxylic acids is 2. The molecule has 0 aromatic heterocycles. The molecular formula is C22H27N3O4S. The van der Waals surface area contributed by atoms with Gasteiger partial charge in [0.15, 0.2) is 0 Å². The number of fused-ring (bicyclic) bond motifs is 1. The lowest BCUT2D eigenvalue weighted by molar-refractivity contribution is -0.140. The Morgan fingerprint density at radius 3 is 2.33 bits per heavy atom. The minimum absolute atomic E-state index is 0.0387. The first-order valence-corrected chi connectivity index (χ1v) is 11.6. The molecule has 3 N–H and O–H groups in total. The van der Waals surface area contributed by atoms with E-state index in [4.69, 9.17) is 5.14 Å². The normalized spacial score (nSPS) is 16.3. The molecule has 2 aromatic rings. The molecule has 0 aliphatic carbocycles. The molecule has 1 aliphatic heterocycles. The monoisotopic (exact) mass is 429 g/mol. The summed E-state index contributed by atoms with van der Waals surface area (Å²) < 4.78 is 22.4. The van der Waals surface area contributed by atoms with Gasteiger partial charge in [-0.15, -0.1) is 0 Å². The molecule has 7 nitrogen and oxygen atoms in total. The lowest BCUT2D eigenvalue weighted by Gasteiger charge is -2.36. The van der Waals surface area contributed by atoms with Gasteiger partial charge in [0.05, 0.1) is 5.75 Å². The van der Waals surface area contributed by atoms with Crippen molar-refractivity contribution in [1.29, 1.82) is 0 Å². The quantitative estimate of drug-likeness (QED) is 0.735. The van der Waals surface area contributed by atoms with Gasteiger partial charge < -0.3 is 10.2 Å². The van der Waals surface area contributed by atoms with Crippen molar-refractivity contribution in [3.63, 3.8) is 0 Å². The molecule has 2 amide bonds. The number of carbonyl (C=O) groups is 2. The summed E-state index contributed by atoms with van der Waals surface area (Å²) in [4.78, 5) is 27.6. The largest absolute Gasteiger partial charge is 0.326 e. The molecule has 1 aliphatic rings. The maximum Gasteiger partial charge on any atom is 0.247 e. The molecule has 0 spiro atoms. The van der Waals surface area contributed by atoms with Gasteiger partial charge in [-0.1, -0.05) is 50.2 Å². The first kappa shape index (κ1) is 22.0. The first-order valence-electron chi connectivity index (χ1n) is 9.89. The Bertz CT molecular complexity index is 1030. The van der Waals surface area contributed by atoms with Gasteiger partial charge in [-0.25, -0.2) is 13.6 Å². The highest BCUT2D eigenvalue weighted by molar-refractivity contribution is 7.88. The Kier molecular flexibility index (Phi) is 6.58. The fourth-order valence-electron chi connectivity index (χ4n) is 3.63. The predicted molar refractivity (Wildman–Crippen MR) is 116 cm³/mol. The SMILES string of the molecule is CC(C)CC(=O)N1Cc2ccccc2CC1C(=O)Nc1ccc(CS(N)(=O)=O)cc1. The zero-order valence-corrected chi connectivity index (χ0v) is 18.0. The summed E-state index contributed by atoms with van der Waals surface area (Å²) >= 11 is 0. The number of primary sulfonamides is 1. The minimum Gasteiger partial charge on any atom is -0.326 e. The Labute approximate surface area is 177 Å². The van der Waals surface area contributed by atoms with Crippen molar-refractivity contribution in [2.24, 2.45) is 11.1 Å². The van der Waals surface area contributed by atoms with E-state index in [1.807, 2.05) is 38.1 Å². The number of benzene rings is 2. The van der Waals surface area contributed by atoms with Crippen molar-refractivity contribution < 1.29 is 18.0 Å². The second-order valence-corrected chi connectivity index (χ2v) is 9.72. The van der Waals surface area contributed by atoms with Crippen molar-refractivity contribution >= 4 is 27.5 Å². The molecule has 0 fully saturated rings. The maximum absolute atomic E-state index is 13.1. The predicted octanol–water partition coefficient (Wildman–Crippen LogP) is 2.41. The van der Waals surface area contributed by atoms with Gasteiger partial charge in [0.1, 0.15) is 6.04 Å². The fraction of sp³-hybridized carbons (Fsp3) is 0.364. The van der Waals surface area contributed by atoms with Gasteiger partial charge in [-0.05, 0) is 34.7 Å². The average Bonchev–Trinajstić information content (AvgIpc) is 2.66. The van der Waals surface area contributed by atoms with Crippen LogP contribution in [0.4, 0.5) is 5.69 Å². The molecule has 0 bridgehead atoms. The maximum atomic E-state index is 13.1. The molecule has 8 heteroatoms. The van der Waals surface area contributed by atoms with E-state index in [1.165, 1.54) is 0 Å². The van der Waals surface area contributed by atoms with Crippen LogP contribution in [0.2, 0.25) is 0 Å². The van der Waals surface area contributed by atoms with Gasteiger partial charge in [-0.3, -0.25) is 9.59 Å². The first-order chi connectivity index (χ1) is 14.1.